The molecule has 0 saturated heterocycles. The summed E-state index contributed by atoms with van der Waals surface area (Å²) in [6, 6.07) is 53.0. The lowest BCUT2D eigenvalue weighted by Crippen LogP contribution is -1.94. The number of para-hydroxylation sites is 3. The van der Waals surface area contributed by atoms with Crippen molar-refractivity contribution in [2.24, 2.45) is 0 Å². The fourth-order valence-corrected chi connectivity index (χ4v) is 8.66. The minimum atomic E-state index is -0.199. The van der Waals surface area contributed by atoms with Crippen molar-refractivity contribution in [3.05, 3.63) is 157 Å². The highest BCUT2D eigenvalue weighted by Crippen LogP contribution is 2.43. The van der Waals surface area contributed by atoms with Gasteiger partial charge < -0.3 is 9.13 Å². The summed E-state index contributed by atoms with van der Waals surface area (Å²) in [5.41, 5.74) is 9.37. The van der Waals surface area contributed by atoms with Gasteiger partial charge in [-0.3, -0.25) is 0 Å². The van der Waals surface area contributed by atoms with Crippen molar-refractivity contribution in [3.63, 3.8) is 0 Å². The molecular weight excluding hydrogens is 584 g/mol. The Bertz CT molecular complexity index is 2800. The zero-order chi connectivity index (χ0) is 30.4. The topological polar surface area (TPSA) is 9.86 Å². The molecule has 0 radical (unpaired) electrons. The summed E-state index contributed by atoms with van der Waals surface area (Å²) in [7, 11) is 0. The standard InChI is InChI=1S/C42H25FN2S/c43-27-19-24-39-34(25-27)31-14-8-13-30(42(31)46-39)26-17-20-29(21-18-26)45-36-16-7-5-12-33(36)41-38(45)23-22-37-40(41)32-11-4-6-15-35(32)44(37)28-9-2-1-3-10-28/h1-25H. The largest absolute Gasteiger partial charge is 0.309 e. The normalized spacial score (nSPS) is 12.0. The van der Waals surface area contributed by atoms with Crippen LogP contribution in [0.5, 0.6) is 0 Å². The number of hydrogen-bond acceptors (Lipinski definition) is 1. The number of rotatable bonds is 3. The molecular formula is C42H25FN2S. The summed E-state index contributed by atoms with van der Waals surface area (Å²) in [4.78, 5) is 0. The quantitative estimate of drug-likeness (QED) is 0.189. The van der Waals surface area contributed by atoms with Crippen LogP contribution in [0.4, 0.5) is 4.39 Å². The van der Waals surface area contributed by atoms with E-state index in [0.29, 0.717) is 0 Å². The second kappa shape index (κ2) is 9.64. The predicted octanol–water partition coefficient (Wildman–Crippen LogP) is 12.1. The lowest BCUT2D eigenvalue weighted by molar-refractivity contribution is 0.630. The van der Waals surface area contributed by atoms with Crippen molar-refractivity contribution >= 4 is 75.1 Å². The fourth-order valence-electron chi connectivity index (χ4n) is 7.44. The van der Waals surface area contributed by atoms with E-state index >= 15 is 0 Å². The molecule has 4 heteroatoms. The molecule has 3 heterocycles. The molecule has 216 valence electrons. The average molecular weight is 609 g/mol. The van der Waals surface area contributed by atoms with Gasteiger partial charge in [0.05, 0.1) is 22.1 Å². The smallest absolute Gasteiger partial charge is 0.123 e. The number of nitrogens with zero attached hydrogens (tertiary/aromatic N) is 2. The lowest BCUT2D eigenvalue weighted by Gasteiger charge is -2.10. The molecule has 0 aliphatic carbocycles. The van der Waals surface area contributed by atoms with Crippen LogP contribution in [0.3, 0.4) is 0 Å². The third-order valence-electron chi connectivity index (χ3n) is 9.38. The average Bonchev–Trinajstić information content (AvgIpc) is 3.76. The first-order valence-electron chi connectivity index (χ1n) is 15.5. The first-order valence-corrected chi connectivity index (χ1v) is 16.3. The molecule has 0 atom stereocenters. The highest BCUT2D eigenvalue weighted by atomic mass is 32.1. The molecule has 0 saturated carbocycles. The molecule has 46 heavy (non-hydrogen) atoms. The molecule has 0 unspecified atom stereocenters. The Hall–Kier alpha value is -5.71. The fraction of sp³-hybridized carbons (Fsp3) is 0. The molecule has 2 nitrogen and oxygen atoms in total. The van der Waals surface area contributed by atoms with Crippen LogP contribution in [0.25, 0.3) is 86.3 Å². The van der Waals surface area contributed by atoms with Gasteiger partial charge in [-0.15, -0.1) is 11.3 Å². The Morgan fingerprint density at radius 3 is 1.70 bits per heavy atom. The summed E-state index contributed by atoms with van der Waals surface area (Å²) in [6.07, 6.45) is 0. The minimum Gasteiger partial charge on any atom is -0.309 e. The van der Waals surface area contributed by atoms with Gasteiger partial charge in [-0.05, 0) is 77.9 Å². The Balaban J connectivity index is 1.20. The van der Waals surface area contributed by atoms with Crippen LogP contribution in [0.1, 0.15) is 0 Å². The molecule has 0 bridgehead atoms. The van der Waals surface area contributed by atoms with Crippen LogP contribution in [0.15, 0.2) is 152 Å². The first kappa shape index (κ1) is 25.6. The zero-order valence-corrected chi connectivity index (χ0v) is 25.4. The molecule has 10 aromatic rings. The highest BCUT2D eigenvalue weighted by Gasteiger charge is 2.20. The molecule has 0 aliphatic heterocycles. The second-order valence-corrected chi connectivity index (χ2v) is 12.9. The van der Waals surface area contributed by atoms with Gasteiger partial charge in [0.2, 0.25) is 0 Å². The molecule has 0 spiro atoms. The van der Waals surface area contributed by atoms with Crippen molar-refractivity contribution in [3.8, 4) is 22.5 Å². The molecule has 0 fully saturated rings. The van der Waals surface area contributed by atoms with Crippen LogP contribution in [-0.4, -0.2) is 9.13 Å². The molecule has 0 N–H and O–H groups in total. The molecule has 0 aliphatic rings. The van der Waals surface area contributed by atoms with E-state index in [4.69, 9.17) is 0 Å². The Morgan fingerprint density at radius 2 is 1.02 bits per heavy atom. The van der Waals surface area contributed by atoms with E-state index in [-0.39, 0.29) is 5.82 Å². The SMILES string of the molecule is Fc1ccc2sc3c(-c4ccc(-n5c6ccccc6c6c7c8ccccc8n(-c8ccccc8)c7ccc65)cc4)cccc3c2c1. The van der Waals surface area contributed by atoms with Gasteiger partial charge in [-0.25, -0.2) is 4.39 Å². The number of halogens is 1. The van der Waals surface area contributed by atoms with E-state index in [0.717, 1.165) is 32.4 Å². The summed E-state index contributed by atoms with van der Waals surface area (Å²) < 4.78 is 21.2. The summed E-state index contributed by atoms with van der Waals surface area (Å²) in [5.74, 6) is -0.199. The van der Waals surface area contributed by atoms with Gasteiger partial charge >= 0.3 is 0 Å². The van der Waals surface area contributed by atoms with Gasteiger partial charge in [-0.1, -0.05) is 84.9 Å². The van der Waals surface area contributed by atoms with Crippen LogP contribution in [0, 0.1) is 5.82 Å². The van der Waals surface area contributed by atoms with E-state index in [1.165, 1.54) is 53.9 Å². The first-order chi connectivity index (χ1) is 22.7. The molecule has 7 aromatic carbocycles. The van der Waals surface area contributed by atoms with Crippen LogP contribution >= 0.6 is 11.3 Å². The molecule has 10 rings (SSSR count). The number of benzene rings is 7. The number of hydrogen-bond donors (Lipinski definition) is 0. The Morgan fingerprint density at radius 1 is 0.435 bits per heavy atom. The van der Waals surface area contributed by atoms with Gasteiger partial charge in [0.25, 0.3) is 0 Å². The maximum Gasteiger partial charge on any atom is 0.123 e. The summed E-state index contributed by atoms with van der Waals surface area (Å²) in [5, 5.41) is 7.11. The maximum absolute atomic E-state index is 14.1. The third kappa shape index (κ3) is 3.56. The second-order valence-electron chi connectivity index (χ2n) is 11.9. The van der Waals surface area contributed by atoms with Crippen LogP contribution < -0.4 is 0 Å². The summed E-state index contributed by atoms with van der Waals surface area (Å²) in [6.45, 7) is 0. The molecule has 3 aromatic heterocycles. The van der Waals surface area contributed by atoms with Crippen molar-refractivity contribution in [1.29, 1.82) is 0 Å². The van der Waals surface area contributed by atoms with Crippen LogP contribution in [0.2, 0.25) is 0 Å². The van der Waals surface area contributed by atoms with E-state index in [1.807, 2.05) is 6.07 Å². The molecule has 0 amide bonds. The highest BCUT2D eigenvalue weighted by molar-refractivity contribution is 7.26. The number of aromatic nitrogens is 2. The predicted molar refractivity (Wildman–Crippen MR) is 193 cm³/mol. The number of fused-ring (bicyclic) bond motifs is 10. The summed E-state index contributed by atoms with van der Waals surface area (Å²) >= 11 is 1.73. The lowest BCUT2D eigenvalue weighted by atomic mass is 10.0. The van der Waals surface area contributed by atoms with Crippen molar-refractivity contribution in [2.45, 2.75) is 0 Å². The van der Waals surface area contributed by atoms with E-state index in [9.17, 15) is 4.39 Å². The Labute approximate surface area is 267 Å². The maximum atomic E-state index is 14.1. The van der Waals surface area contributed by atoms with Gasteiger partial charge in [0.1, 0.15) is 5.82 Å². The minimum absolute atomic E-state index is 0.199. The van der Waals surface area contributed by atoms with Gasteiger partial charge in [-0.2, -0.15) is 0 Å². The van der Waals surface area contributed by atoms with E-state index < -0.39 is 0 Å². The van der Waals surface area contributed by atoms with Crippen molar-refractivity contribution < 1.29 is 4.39 Å². The number of thiophene rings is 1. The zero-order valence-electron chi connectivity index (χ0n) is 24.6. The van der Waals surface area contributed by atoms with E-state index in [1.54, 1.807) is 23.5 Å². The van der Waals surface area contributed by atoms with Gasteiger partial charge in [0, 0.05) is 53.1 Å². The van der Waals surface area contributed by atoms with Crippen LogP contribution in [-0.2, 0) is 0 Å². The van der Waals surface area contributed by atoms with Crippen molar-refractivity contribution in [2.75, 3.05) is 0 Å². The van der Waals surface area contributed by atoms with E-state index in [2.05, 4.69) is 143 Å². The van der Waals surface area contributed by atoms with Crippen molar-refractivity contribution in [1.82, 2.24) is 9.13 Å². The van der Waals surface area contributed by atoms with Gasteiger partial charge in [0.15, 0.2) is 0 Å². The monoisotopic (exact) mass is 608 g/mol. The Kier molecular flexibility index (Phi) is 5.37. The third-order valence-corrected chi connectivity index (χ3v) is 10.6.